The molecule has 1 aromatic carbocycles. The number of benzene rings is 1. The first kappa shape index (κ1) is 10.1. The third-order valence-corrected chi connectivity index (χ3v) is 2.48. The summed E-state index contributed by atoms with van der Waals surface area (Å²) in [4.78, 5) is 0. The standard InChI is InChI=1S/C11H12F2N2/c1-7(2)8-4-3-5-10-9(8)6-14-15(10)11(12)13/h3-7,11H,1-2H3. The summed E-state index contributed by atoms with van der Waals surface area (Å²) in [5, 5.41) is 4.52. The molecule has 0 fully saturated rings. The Hall–Kier alpha value is -1.45. The van der Waals surface area contributed by atoms with Crippen LogP contribution < -0.4 is 0 Å². The van der Waals surface area contributed by atoms with Crippen molar-refractivity contribution in [3.8, 4) is 0 Å². The predicted molar refractivity (Wildman–Crippen MR) is 55.1 cm³/mol. The van der Waals surface area contributed by atoms with Crippen molar-refractivity contribution >= 4 is 10.9 Å². The van der Waals surface area contributed by atoms with Crippen LogP contribution in [0.5, 0.6) is 0 Å². The highest BCUT2D eigenvalue weighted by Gasteiger charge is 2.13. The van der Waals surface area contributed by atoms with Gasteiger partial charge in [0.15, 0.2) is 0 Å². The van der Waals surface area contributed by atoms with E-state index in [4.69, 9.17) is 0 Å². The van der Waals surface area contributed by atoms with Crippen molar-refractivity contribution in [2.75, 3.05) is 0 Å². The van der Waals surface area contributed by atoms with Gasteiger partial charge in [-0.1, -0.05) is 26.0 Å². The van der Waals surface area contributed by atoms with Crippen molar-refractivity contribution in [3.63, 3.8) is 0 Å². The highest BCUT2D eigenvalue weighted by Crippen LogP contribution is 2.27. The summed E-state index contributed by atoms with van der Waals surface area (Å²) in [5.74, 6) is 0.309. The molecular formula is C11H12F2N2. The number of hydrogen-bond donors (Lipinski definition) is 0. The van der Waals surface area contributed by atoms with Gasteiger partial charge in [-0.15, -0.1) is 0 Å². The van der Waals surface area contributed by atoms with Gasteiger partial charge >= 0.3 is 6.55 Å². The number of fused-ring (bicyclic) bond motifs is 1. The van der Waals surface area contributed by atoms with Crippen LogP contribution in [0.3, 0.4) is 0 Å². The molecule has 0 radical (unpaired) electrons. The summed E-state index contributed by atoms with van der Waals surface area (Å²) in [7, 11) is 0. The molecule has 2 aromatic rings. The van der Waals surface area contributed by atoms with Gasteiger partial charge in [0.25, 0.3) is 0 Å². The van der Waals surface area contributed by atoms with Crippen LogP contribution in [0, 0.1) is 0 Å². The van der Waals surface area contributed by atoms with Crippen LogP contribution in [-0.2, 0) is 0 Å². The zero-order valence-electron chi connectivity index (χ0n) is 8.61. The number of halogens is 2. The second-order valence-electron chi connectivity index (χ2n) is 3.80. The average molecular weight is 210 g/mol. The lowest BCUT2D eigenvalue weighted by Gasteiger charge is -2.07. The molecule has 2 nitrogen and oxygen atoms in total. The summed E-state index contributed by atoms with van der Waals surface area (Å²) < 4.78 is 25.9. The quantitative estimate of drug-likeness (QED) is 0.741. The molecule has 80 valence electrons. The lowest BCUT2D eigenvalue weighted by molar-refractivity contribution is 0.0615. The average Bonchev–Trinajstić information content (AvgIpc) is 2.59. The zero-order valence-corrected chi connectivity index (χ0v) is 8.61. The Kier molecular flexibility index (Phi) is 2.42. The monoisotopic (exact) mass is 210 g/mol. The highest BCUT2D eigenvalue weighted by molar-refractivity contribution is 5.82. The van der Waals surface area contributed by atoms with Gasteiger partial charge in [-0.05, 0) is 17.5 Å². The van der Waals surface area contributed by atoms with E-state index in [0.29, 0.717) is 11.4 Å². The maximum atomic E-state index is 12.6. The molecule has 0 saturated heterocycles. The molecule has 0 saturated carbocycles. The Bertz CT molecular complexity index is 474. The second kappa shape index (κ2) is 3.61. The van der Waals surface area contributed by atoms with Crippen LogP contribution in [0.1, 0.15) is 31.9 Å². The number of nitrogens with zero attached hydrogens (tertiary/aromatic N) is 2. The van der Waals surface area contributed by atoms with Gasteiger partial charge in [-0.25, -0.2) is 4.68 Å². The molecule has 0 atom stereocenters. The van der Waals surface area contributed by atoms with Gasteiger partial charge in [0.05, 0.1) is 11.7 Å². The molecule has 0 aliphatic heterocycles. The Balaban J connectivity index is 2.69. The summed E-state index contributed by atoms with van der Waals surface area (Å²) in [6.45, 7) is 1.49. The first-order valence-electron chi connectivity index (χ1n) is 4.85. The van der Waals surface area contributed by atoms with E-state index in [2.05, 4.69) is 5.10 Å². The predicted octanol–water partition coefficient (Wildman–Crippen LogP) is 3.55. The van der Waals surface area contributed by atoms with Crippen LogP contribution in [0.2, 0.25) is 0 Å². The third kappa shape index (κ3) is 1.60. The summed E-state index contributed by atoms with van der Waals surface area (Å²) in [6.07, 6.45) is 1.51. The minimum atomic E-state index is -2.58. The molecule has 0 bridgehead atoms. The lowest BCUT2D eigenvalue weighted by atomic mass is 10.00. The molecule has 1 heterocycles. The van der Waals surface area contributed by atoms with Gasteiger partial charge in [0.1, 0.15) is 0 Å². The summed E-state index contributed by atoms with van der Waals surface area (Å²) in [6, 6.07) is 5.41. The molecule has 0 spiro atoms. The van der Waals surface area contributed by atoms with Crippen LogP contribution >= 0.6 is 0 Å². The van der Waals surface area contributed by atoms with E-state index in [9.17, 15) is 8.78 Å². The molecule has 15 heavy (non-hydrogen) atoms. The van der Waals surface area contributed by atoms with Crippen molar-refractivity contribution in [1.82, 2.24) is 9.78 Å². The van der Waals surface area contributed by atoms with Crippen LogP contribution in [0.25, 0.3) is 10.9 Å². The smallest absolute Gasteiger partial charge is 0.204 e. The van der Waals surface area contributed by atoms with Gasteiger partial charge < -0.3 is 0 Å². The Morgan fingerprint density at radius 3 is 2.60 bits per heavy atom. The first-order valence-corrected chi connectivity index (χ1v) is 4.85. The minimum Gasteiger partial charge on any atom is -0.204 e. The van der Waals surface area contributed by atoms with Crippen LogP contribution in [0.4, 0.5) is 8.78 Å². The molecule has 2 rings (SSSR count). The maximum absolute atomic E-state index is 12.6. The van der Waals surface area contributed by atoms with Crippen molar-refractivity contribution in [1.29, 1.82) is 0 Å². The summed E-state index contributed by atoms with van der Waals surface area (Å²) in [5.41, 5.74) is 1.55. The number of rotatable bonds is 2. The highest BCUT2D eigenvalue weighted by atomic mass is 19.3. The number of hydrogen-bond acceptors (Lipinski definition) is 1. The van der Waals surface area contributed by atoms with Crippen molar-refractivity contribution < 1.29 is 8.78 Å². The molecule has 0 aliphatic rings. The Labute approximate surface area is 86.5 Å². The van der Waals surface area contributed by atoms with Crippen molar-refractivity contribution in [3.05, 3.63) is 30.0 Å². The number of aromatic nitrogens is 2. The van der Waals surface area contributed by atoms with Gasteiger partial charge in [-0.3, -0.25) is 0 Å². The molecular weight excluding hydrogens is 198 g/mol. The van der Waals surface area contributed by atoms with Crippen molar-refractivity contribution in [2.45, 2.75) is 26.3 Å². The molecule has 0 N–H and O–H groups in total. The fourth-order valence-corrected chi connectivity index (χ4v) is 1.75. The summed E-state index contributed by atoms with van der Waals surface area (Å²) >= 11 is 0. The van der Waals surface area contributed by atoms with Crippen LogP contribution in [0.15, 0.2) is 24.4 Å². The Morgan fingerprint density at radius 1 is 1.27 bits per heavy atom. The second-order valence-corrected chi connectivity index (χ2v) is 3.80. The number of alkyl halides is 2. The van der Waals surface area contributed by atoms with E-state index in [1.807, 2.05) is 19.9 Å². The van der Waals surface area contributed by atoms with Gasteiger partial charge in [-0.2, -0.15) is 13.9 Å². The van der Waals surface area contributed by atoms with Gasteiger partial charge in [0.2, 0.25) is 0 Å². The van der Waals surface area contributed by atoms with Gasteiger partial charge in [0, 0.05) is 5.39 Å². The minimum absolute atomic E-state index is 0.309. The van der Waals surface area contributed by atoms with E-state index < -0.39 is 6.55 Å². The largest absolute Gasteiger partial charge is 0.333 e. The van der Waals surface area contributed by atoms with Crippen LogP contribution in [-0.4, -0.2) is 9.78 Å². The third-order valence-electron chi connectivity index (χ3n) is 2.48. The van der Waals surface area contributed by atoms with E-state index in [1.165, 1.54) is 6.20 Å². The topological polar surface area (TPSA) is 17.8 Å². The van der Waals surface area contributed by atoms with E-state index >= 15 is 0 Å². The fraction of sp³-hybridized carbons (Fsp3) is 0.364. The molecule has 0 unspecified atom stereocenters. The normalized spacial score (nSPS) is 11.9. The molecule has 4 heteroatoms. The van der Waals surface area contributed by atoms with E-state index in [1.54, 1.807) is 12.1 Å². The first-order chi connectivity index (χ1) is 7.11. The molecule has 1 aromatic heterocycles. The maximum Gasteiger partial charge on any atom is 0.333 e. The molecule has 0 aliphatic carbocycles. The van der Waals surface area contributed by atoms with E-state index in [-0.39, 0.29) is 0 Å². The Morgan fingerprint density at radius 2 is 2.00 bits per heavy atom. The SMILES string of the molecule is CC(C)c1cccc2c1cnn2C(F)F. The lowest BCUT2D eigenvalue weighted by Crippen LogP contribution is -1.99. The fourth-order valence-electron chi connectivity index (χ4n) is 1.75. The van der Waals surface area contributed by atoms with Crippen molar-refractivity contribution in [2.24, 2.45) is 0 Å². The van der Waals surface area contributed by atoms with E-state index in [0.717, 1.165) is 15.6 Å². The zero-order chi connectivity index (χ0) is 11.0. The molecule has 0 amide bonds.